The van der Waals surface area contributed by atoms with Gasteiger partial charge in [0, 0.05) is 18.8 Å². The number of hydrogen-bond donors (Lipinski definition) is 2. The van der Waals surface area contributed by atoms with Crippen molar-refractivity contribution in [3.8, 4) is 0 Å². The summed E-state index contributed by atoms with van der Waals surface area (Å²) in [6, 6.07) is 13.0. The maximum Gasteiger partial charge on any atom is 0.271 e. The first kappa shape index (κ1) is 13.7. The summed E-state index contributed by atoms with van der Waals surface area (Å²) in [7, 11) is 0. The van der Waals surface area contributed by atoms with Gasteiger partial charge in [0.25, 0.3) is 5.91 Å². The van der Waals surface area contributed by atoms with E-state index in [1.54, 1.807) is 18.3 Å². The van der Waals surface area contributed by atoms with Crippen LogP contribution >= 0.6 is 0 Å². The van der Waals surface area contributed by atoms with Gasteiger partial charge in [0.15, 0.2) is 0 Å². The van der Waals surface area contributed by atoms with Crippen molar-refractivity contribution in [1.29, 1.82) is 0 Å². The number of hydrogen-bond acceptors (Lipinski definition) is 3. The van der Waals surface area contributed by atoms with E-state index in [2.05, 4.69) is 15.8 Å². The Morgan fingerprint density at radius 3 is 2.50 bits per heavy atom. The molecule has 0 atom stereocenters. The van der Waals surface area contributed by atoms with Gasteiger partial charge in [0.05, 0.1) is 5.56 Å². The summed E-state index contributed by atoms with van der Waals surface area (Å²) in [6.45, 7) is 0. The van der Waals surface area contributed by atoms with Crippen molar-refractivity contribution in [3.05, 3.63) is 66.0 Å². The zero-order chi connectivity index (χ0) is 14.2. The number of aryl methyl sites for hydroxylation is 1. The van der Waals surface area contributed by atoms with Crippen LogP contribution in [0.25, 0.3) is 0 Å². The van der Waals surface area contributed by atoms with Crippen LogP contribution in [-0.2, 0) is 11.2 Å². The molecular formula is C15H15N3O2. The summed E-state index contributed by atoms with van der Waals surface area (Å²) in [5, 5.41) is 0. The van der Waals surface area contributed by atoms with Crippen molar-refractivity contribution in [3.63, 3.8) is 0 Å². The SMILES string of the molecule is O=C(CCc1ccccc1)NNC(=O)c1cccnc1. The average Bonchev–Trinajstić information content (AvgIpc) is 2.52. The number of amides is 2. The van der Waals surface area contributed by atoms with Crippen molar-refractivity contribution in [2.75, 3.05) is 0 Å². The first-order valence-electron chi connectivity index (χ1n) is 6.29. The summed E-state index contributed by atoms with van der Waals surface area (Å²) >= 11 is 0. The number of nitrogens with zero attached hydrogens (tertiary/aromatic N) is 1. The molecule has 5 heteroatoms. The second kappa shape index (κ2) is 7.04. The van der Waals surface area contributed by atoms with E-state index in [0.29, 0.717) is 18.4 Å². The van der Waals surface area contributed by atoms with E-state index in [-0.39, 0.29) is 11.8 Å². The Balaban J connectivity index is 1.74. The Morgan fingerprint density at radius 2 is 1.80 bits per heavy atom. The van der Waals surface area contributed by atoms with Gasteiger partial charge in [-0.2, -0.15) is 0 Å². The third-order valence-corrected chi connectivity index (χ3v) is 2.72. The largest absolute Gasteiger partial charge is 0.273 e. The van der Waals surface area contributed by atoms with E-state index >= 15 is 0 Å². The van der Waals surface area contributed by atoms with E-state index in [4.69, 9.17) is 0 Å². The minimum atomic E-state index is -0.383. The molecule has 2 rings (SSSR count). The smallest absolute Gasteiger partial charge is 0.271 e. The third-order valence-electron chi connectivity index (χ3n) is 2.72. The van der Waals surface area contributed by atoms with Crippen molar-refractivity contribution >= 4 is 11.8 Å². The van der Waals surface area contributed by atoms with Crippen LogP contribution in [0.4, 0.5) is 0 Å². The van der Waals surface area contributed by atoms with Gasteiger partial charge in [-0.05, 0) is 24.1 Å². The quantitative estimate of drug-likeness (QED) is 0.826. The maximum atomic E-state index is 11.7. The van der Waals surface area contributed by atoms with Crippen LogP contribution < -0.4 is 10.9 Å². The van der Waals surface area contributed by atoms with Crippen molar-refractivity contribution < 1.29 is 9.59 Å². The molecular weight excluding hydrogens is 254 g/mol. The van der Waals surface area contributed by atoms with Crippen LogP contribution in [0.5, 0.6) is 0 Å². The minimum absolute atomic E-state index is 0.230. The summed E-state index contributed by atoms with van der Waals surface area (Å²) in [5.74, 6) is -0.614. The highest BCUT2D eigenvalue weighted by Crippen LogP contribution is 2.01. The molecule has 2 amide bonds. The second-order valence-corrected chi connectivity index (χ2v) is 4.23. The highest BCUT2D eigenvalue weighted by molar-refractivity contribution is 5.95. The Bertz CT molecular complexity index is 570. The second-order valence-electron chi connectivity index (χ2n) is 4.23. The molecule has 0 unspecified atom stereocenters. The van der Waals surface area contributed by atoms with Gasteiger partial charge in [0.2, 0.25) is 5.91 Å². The number of nitrogens with one attached hydrogen (secondary N) is 2. The van der Waals surface area contributed by atoms with Crippen LogP contribution in [0, 0.1) is 0 Å². The summed E-state index contributed by atoms with van der Waals surface area (Å²) in [6.07, 6.45) is 3.97. The third kappa shape index (κ3) is 4.20. The molecule has 5 nitrogen and oxygen atoms in total. The van der Waals surface area contributed by atoms with E-state index < -0.39 is 0 Å². The first-order valence-corrected chi connectivity index (χ1v) is 6.29. The molecule has 2 aromatic rings. The lowest BCUT2D eigenvalue weighted by molar-refractivity contribution is -0.121. The van der Waals surface area contributed by atoms with Crippen LogP contribution in [0.15, 0.2) is 54.9 Å². The monoisotopic (exact) mass is 269 g/mol. The fourth-order valence-corrected chi connectivity index (χ4v) is 1.66. The summed E-state index contributed by atoms with van der Waals surface area (Å²) < 4.78 is 0. The van der Waals surface area contributed by atoms with Crippen molar-refractivity contribution in [1.82, 2.24) is 15.8 Å². The molecule has 0 bridgehead atoms. The topological polar surface area (TPSA) is 71.1 Å². The highest BCUT2D eigenvalue weighted by Gasteiger charge is 2.07. The Hall–Kier alpha value is -2.69. The molecule has 0 aliphatic heterocycles. The molecule has 1 aromatic carbocycles. The molecule has 20 heavy (non-hydrogen) atoms. The van der Waals surface area contributed by atoms with Crippen LogP contribution in [-0.4, -0.2) is 16.8 Å². The van der Waals surface area contributed by atoms with Gasteiger partial charge in [-0.3, -0.25) is 25.4 Å². The number of aromatic nitrogens is 1. The Morgan fingerprint density at radius 1 is 1.00 bits per heavy atom. The minimum Gasteiger partial charge on any atom is -0.273 e. The molecule has 1 heterocycles. The molecule has 0 radical (unpaired) electrons. The number of benzene rings is 1. The molecule has 0 aliphatic carbocycles. The summed E-state index contributed by atoms with van der Waals surface area (Å²) in [5.41, 5.74) is 6.22. The van der Waals surface area contributed by atoms with Crippen LogP contribution in [0.2, 0.25) is 0 Å². The molecule has 2 N–H and O–H groups in total. The molecule has 0 aliphatic rings. The van der Waals surface area contributed by atoms with Gasteiger partial charge in [-0.25, -0.2) is 0 Å². The summed E-state index contributed by atoms with van der Waals surface area (Å²) in [4.78, 5) is 27.1. The normalized spacial score (nSPS) is 9.80. The number of pyridine rings is 1. The van der Waals surface area contributed by atoms with Gasteiger partial charge in [-0.15, -0.1) is 0 Å². The predicted octanol–water partition coefficient (Wildman–Crippen LogP) is 1.48. The maximum absolute atomic E-state index is 11.7. The van der Waals surface area contributed by atoms with Gasteiger partial charge < -0.3 is 0 Å². The first-order chi connectivity index (χ1) is 9.75. The van der Waals surface area contributed by atoms with Crippen LogP contribution in [0.1, 0.15) is 22.3 Å². The molecule has 0 saturated heterocycles. The fraction of sp³-hybridized carbons (Fsp3) is 0.133. The molecule has 1 aromatic heterocycles. The zero-order valence-corrected chi connectivity index (χ0v) is 10.9. The van der Waals surface area contributed by atoms with Crippen molar-refractivity contribution in [2.24, 2.45) is 0 Å². The van der Waals surface area contributed by atoms with E-state index in [1.807, 2.05) is 30.3 Å². The number of hydrazine groups is 1. The number of carbonyl (C=O) groups is 2. The molecule has 0 fully saturated rings. The highest BCUT2D eigenvalue weighted by atomic mass is 16.2. The fourth-order valence-electron chi connectivity index (χ4n) is 1.66. The lowest BCUT2D eigenvalue weighted by Crippen LogP contribution is -2.41. The van der Waals surface area contributed by atoms with Gasteiger partial charge >= 0.3 is 0 Å². The Kier molecular flexibility index (Phi) is 4.83. The van der Waals surface area contributed by atoms with E-state index in [0.717, 1.165) is 5.56 Å². The number of rotatable bonds is 4. The molecule has 0 saturated carbocycles. The Labute approximate surface area is 117 Å². The van der Waals surface area contributed by atoms with E-state index in [1.165, 1.54) is 6.20 Å². The molecule has 102 valence electrons. The lowest BCUT2D eigenvalue weighted by atomic mass is 10.1. The predicted molar refractivity (Wildman–Crippen MR) is 74.6 cm³/mol. The van der Waals surface area contributed by atoms with Gasteiger partial charge in [0.1, 0.15) is 0 Å². The van der Waals surface area contributed by atoms with Crippen molar-refractivity contribution in [2.45, 2.75) is 12.8 Å². The average molecular weight is 269 g/mol. The zero-order valence-electron chi connectivity index (χ0n) is 10.9. The van der Waals surface area contributed by atoms with Crippen LogP contribution in [0.3, 0.4) is 0 Å². The van der Waals surface area contributed by atoms with E-state index in [9.17, 15) is 9.59 Å². The standard InChI is InChI=1S/C15H15N3O2/c19-14(9-8-12-5-2-1-3-6-12)17-18-15(20)13-7-4-10-16-11-13/h1-7,10-11H,8-9H2,(H,17,19)(H,18,20). The van der Waals surface area contributed by atoms with Gasteiger partial charge in [-0.1, -0.05) is 30.3 Å². The number of carbonyl (C=O) groups excluding carboxylic acids is 2. The lowest BCUT2D eigenvalue weighted by Gasteiger charge is -2.07. The molecule has 0 spiro atoms.